The summed E-state index contributed by atoms with van der Waals surface area (Å²) in [7, 11) is 3.28. The van der Waals surface area contributed by atoms with Crippen molar-refractivity contribution in [2.24, 2.45) is 0 Å². The quantitative estimate of drug-likeness (QED) is 0.751. The standard InChI is InChI=1S/C15H17ClO2S/c1-10-4-7-15(19-10)12(16)8-11-5-6-13(17-2)14(9-11)18-3/h4-7,9,12H,8H2,1-3H3. The monoisotopic (exact) mass is 296 g/mol. The predicted octanol–water partition coefficient (Wildman–Crippen LogP) is 4.60. The lowest BCUT2D eigenvalue weighted by Crippen LogP contribution is -1.96. The van der Waals surface area contributed by atoms with E-state index in [-0.39, 0.29) is 5.38 Å². The van der Waals surface area contributed by atoms with Crippen molar-refractivity contribution in [3.63, 3.8) is 0 Å². The first kappa shape index (κ1) is 14.2. The summed E-state index contributed by atoms with van der Waals surface area (Å²) in [5.74, 6) is 1.48. The van der Waals surface area contributed by atoms with Crippen molar-refractivity contribution in [1.82, 2.24) is 0 Å². The van der Waals surface area contributed by atoms with Gasteiger partial charge in [0.15, 0.2) is 11.5 Å². The van der Waals surface area contributed by atoms with Crippen LogP contribution in [0, 0.1) is 6.92 Å². The molecule has 0 spiro atoms. The molecule has 2 rings (SSSR count). The number of hydrogen-bond donors (Lipinski definition) is 0. The van der Waals surface area contributed by atoms with Crippen molar-refractivity contribution in [2.45, 2.75) is 18.7 Å². The highest BCUT2D eigenvalue weighted by Crippen LogP contribution is 2.33. The van der Waals surface area contributed by atoms with Crippen LogP contribution >= 0.6 is 22.9 Å². The van der Waals surface area contributed by atoms with Gasteiger partial charge < -0.3 is 9.47 Å². The highest BCUT2D eigenvalue weighted by molar-refractivity contribution is 7.12. The van der Waals surface area contributed by atoms with Crippen molar-refractivity contribution in [3.8, 4) is 11.5 Å². The van der Waals surface area contributed by atoms with Crippen LogP contribution in [0.15, 0.2) is 30.3 Å². The van der Waals surface area contributed by atoms with Gasteiger partial charge in [-0.15, -0.1) is 22.9 Å². The van der Waals surface area contributed by atoms with Crippen LogP contribution < -0.4 is 9.47 Å². The third-order valence-corrected chi connectivity index (χ3v) is 4.57. The first-order valence-corrected chi connectivity index (χ1v) is 7.30. The number of alkyl halides is 1. The van der Waals surface area contributed by atoms with E-state index in [1.165, 1.54) is 9.75 Å². The second kappa shape index (κ2) is 6.31. The SMILES string of the molecule is COc1ccc(CC(Cl)c2ccc(C)s2)cc1OC. The third-order valence-electron chi connectivity index (χ3n) is 2.93. The Morgan fingerprint density at radius 2 is 1.84 bits per heavy atom. The second-order valence-corrected chi connectivity index (χ2v) is 6.16. The van der Waals surface area contributed by atoms with Crippen molar-refractivity contribution >= 4 is 22.9 Å². The fourth-order valence-corrected chi connectivity index (χ4v) is 3.18. The molecule has 1 unspecified atom stereocenters. The Bertz CT molecular complexity index is 551. The van der Waals surface area contributed by atoms with Gasteiger partial charge in [-0.3, -0.25) is 0 Å². The Morgan fingerprint density at radius 3 is 2.42 bits per heavy atom. The van der Waals surface area contributed by atoms with Crippen LogP contribution in [0.25, 0.3) is 0 Å². The summed E-state index contributed by atoms with van der Waals surface area (Å²) in [6.45, 7) is 2.09. The fraction of sp³-hybridized carbons (Fsp3) is 0.333. The van der Waals surface area contributed by atoms with E-state index in [9.17, 15) is 0 Å². The average Bonchev–Trinajstić information content (AvgIpc) is 2.85. The lowest BCUT2D eigenvalue weighted by molar-refractivity contribution is 0.354. The van der Waals surface area contributed by atoms with Crippen molar-refractivity contribution in [1.29, 1.82) is 0 Å². The zero-order chi connectivity index (χ0) is 13.8. The number of benzene rings is 1. The smallest absolute Gasteiger partial charge is 0.160 e. The molecule has 0 fully saturated rings. The van der Waals surface area contributed by atoms with Crippen LogP contribution in [0.1, 0.15) is 20.7 Å². The van der Waals surface area contributed by atoms with Crippen LogP contribution in [0.3, 0.4) is 0 Å². The molecule has 0 bridgehead atoms. The number of halogens is 1. The maximum Gasteiger partial charge on any atom is 0.160 e. The summed E-state index contributed by atoms with van der Waals surface area (Å²) in [5, 5.41) is -0.00296. The zero-order valence-corrected chi connectivity index (χ0v) is 12.8. The molecule has 1 heterocycles. The summed E-state index contributed by atoms with van der Waals surface area (Å²) in [4.78, 5) is 2.49. The van der Waals surface area contributed by atoms with Gasteiger partial charge in [-0.05, 0) is 43.2 Å². The van der Waals surface area contributed by atoms with Crippen molar-refractivity contribution < 1.29 is 9.47 Å². The predicted molar refractivity (Wildman–Crippen MR) is 80.9 cm³/mol. The van der Waals surface area contributed by atoms with E-state index in [0.29, 0.717) is 0 Å². The molecule has 0 aliphatic heterocycles. The average molecular weight is 297 g/mol. The van der Waals surface area contributed by atoms with Gasteiger partial charge in [0.05, 0.1) is 19.6 Å². The summed E-state index contributed by atoms with van der Waals surface area (Å²) in [6.07, 6.45) is 0.780. The number of methoxy groups -OCH3 is 2. The molecular formula is C15H17ClO2S. The lowest BCUT2D eigenvalue weighted by Gasteiger charge is -2.11. The molecule has 2 nitrogen and oxygen atoms in total. The van der Waals surface area contributed by atoms with E-state index in [1.54, 1.807) is 25.6 Å². The van der Waals surface area contributed by atoms with Gasteiger partial charge in [0.1, 0.15) is 0 Å². The van der Waals surface area contributed by atoms with Crippen LogP contribution in [-0.4, -0.2) is 14.2 Å². The molecule has 19 heavy (non-hydrogen) atoms. The van der Waals surface area contributed by atoms with E-state index < -0.39 is 0 Å². The molecule has 0 saturated heterocycles. The molecule has 4 heteroatoms. The lowest BCUT2D eigenvalue weighted by atomic mass is 10.1. The third kappa shape index (κ3) is 3.43. The van der Waals surface area contributed by atoms with E-state index in [0.717, 1.165) is 23.5 Å². The van der Waals surface area contributed by atoms with Crippen LogP contribution in [0.4, 0.5) is 0 Å². The van der Waals surface area contributed by atoms with Crippen LogP contribution in [0.2, 0.25) is 0 Å². The Labute approximate surface area is 122 Å². The second-order valence-electron chi connectivity index (χ2n) is 4.31. The molecular weight excluding hydrogens is 280 g/mol. The fourth-order valence-electron chi connectivity index (χ4n) is 1.94. The van der Waals surface area contributed by atoms with E-state index >= 15 is 0 Å². The van der Waals surface area contributed by atoms with Crippen LogP contribution in [0.5, 0.6) is 11.5 Å². The zero-order valence-electron chi connectivity index (χ0n) is 11.3. The van der Waals surface area contributed by atoms with E-state index in [2.05, 4.69) is 19.1 Å². The molecule has 0 radical (unpaired) electrons. The summed E-state index contributed by atoms with van der Waals surface area (Å²) < 4.78 is 10.5. The van der Waals surface area contributed by atoms with Gasteiger partial charge in [-0.1, -0.05) is 6.07 Å². The summed E-state index contributed by atoms with van der Waals surface area (Å²) >= 11 is 8.21. The minimum atomic E-state index is -0.00296. The maximum absolute atomic E-state index is 6.46. The van der Waals surface area contributed by atoms with Crippen LogP contribution in [-0.2, 0) is 6.42 Å². The normalized spacial score (nSPS) is 12.2. The minimum absolute atomic E-state index is 0.00296. The number of rotatable bonds is 5. The number of aryl methyl sites for hydroxylation is 1. The first-order valence-electron chi connectivity index (χ1n) is 6.05. The van der Waals surface area contributed by atoms with Gasteiger partial charge in [0.2, 0.25) is 0 Å². The number of thiophene rings is 1. The molecule has 102 valence electrons. The van der Waals surface area contributed by atoms with E-state index in [4.69, 9.17) is 21.1 Å². The van der Waals surface area contributed by atoms with Crippen molar-refractivity contribution in [2.75, 3.05) is 14.2 Å². The van der Waals surface area contributed by atoms with Gasteiger partial charge in [-0.25, -0.2) is 0 Å². The first-order chi connectivity index (χ1) is 9.13. The summed E-state index contributed by atoms with van der Waals surface area (Å²) in [6, 6.07) is 10.1. The Morgan fingerprint density at radius 1 is 1.11 bits per heavy atom. The number of hydrogen-bond acceptors (Lipinski definition) is 3. The maximum atomic E-state index is 6.46. The van der Waals surface area contributed by atoms with Gasteiger partial charge in [0.25, 0.3) is 0 Å². The molecule has 1 aromatic heterocycles. The minimum Gasteiger partial charge on any atom is -0.493 e. The van der Waals surface area contributed by atoms with Crippen molar-refractivity contribution in [3.05, 3.63) is 45.6 Å². The Balaban J connectivity index is 2.14. The number of ether oxygens (including phenoxy) is 2. The Kier molecular flexibility index (Phi) is 4.72. The molecule has 0 aliphatic carbocycles. The molecule has 0 N–H and O–H groups in total. The highest BCUT2D eigenvalue weighted by atomic mass is 35.5. The largest absolute Gasteiger partial charge is 0.493 e. The summed E-state index contributed by atoms with van der Waals surface area (Å²) in [5.41, 5.74) is 1.14. The molecule has 1 aromatic carbocycles. The topological polar surface area (TPSA) is 18.5 Å². The molecule has 0 saturated carbocycles. The van der Waals surface area contributed by atoms with E-state index in [1.807, 2.05) is 18.2 Å². The molecule has 0 amide bonds. The van der Waals surface area contributed by atoms with Gasteiger partial charge in [-0.2, -0.15) is 0 Å². The van der Waals surface area contributed by atoms with Gasteiger partial charge in [0, 0.05) is 9.75 Å². The van der Waals surface area contributed by atoms with Gasteiger partial charge >= 0.3 is 0 Å². The molecule has 1 atom stereocenters. The molecule has 0 aliphatic rings. The highest BCUT2D eigenvalue weighted by Gasteiger charge is 2.13. The Hall–Kier alpha value is -1.19. The molecule has 2 aromatic rings.